The summed E-state index contributed by atoms with van der Waals surface area (Å²) in [6.07, 6.45) is -0.112. The Hall–Kier alpha value is -1.82. The minimum absolute atomic E-state index is 0.112. The third-order valence-electron chi connectivity index (χ3n) is 2.81. The van der Waals surface area contributed by atoms with Gasteiger partial charge < -0.3 is 14.4 Å². The van der Waals surface area contributed by atoms with Crippen molar-refractivity contribution in [1.82, 2.24) is 9.55 Å². The van der Waals surface area contributed by atoms with Crippen molar-refractivity contribution in [2.24, 2.45) is 7.05 Å². The van der Waals surface area contributed by atoms with E-state index in [4.69, 9.17) is 9.84 Å². The predicted octanol–water partition coefficient (Wildman–Crippen LogP) is 2.88. The van der Waals surface area contributed by atoms with E-state index in [-0.39, 0.29) is 6.42 Å². The molecule has 0 atom stereocenters. The van der Waals surface area contributed by atoms with Crippen LogP contribution in [-0.4, -0.2) is 27.2 Å². The Morgan fingerprint density at radius 2 is 2.25 bits per heavy atom. The maximum absolute atomic E-state index is 10.8. The number of halogens is 1. The van der Waals surface area contributed by atoms with Crippen LogP contribution in [0.2, 0.25) is 0 Å². The first-order valence-electron chi connectivity index (χ1n) is 6.19. The average molecular weight is 339 g/mol. The van der Waals surface area contributed by atoms with Crippen LogP contribution in [-0.2, 0) is 18.3 Å². The second-order valence-electron chi connectivity index (χ2n) is 4.26. The molecule has 0 aliphatic carbocycles. The fraction of sp³-hybridized carbons (Fsp3) is 0.286. The Kier molecular flexibility index (Phi) is 4.44. The number of carbonyl (C=O) groups is 1. The summed E-state index contributed by atoms with van der Waals surface area (Å²) in [5, 5.41) is 8.89. The molecule has 0 amide bonds. The summed E-state index contributed by atoms with van der Waals surface area (Å²) in [5.74, 6) is 0.567. The van der Waals surface area contributed by atoms with Gasteiger partial charge in [-0.2, -0.15) is 0 Å². The first kappa shape index (κ1) is 14.6. The summed E-state index contributed by atoms with van der Waals surface area (Å²) in [6, 6.07) is 7.58. The lowest BCUT2D eigenvalue weighted by Crippen LogP contribution is -2.01. The molecule has 1 N–H and O–H groups in total. The fourth-order valence-electron chi connectivity index (χ4n) is 1.94. The van der Waals surface area contributed by atoms with Crippen molar-refractivity contribution in [1.29, 1.82) is 0 Å². The van der Waals surface area contributed by atoms with E-state index in [1.165, 1.54) is 0 Å². The maximum Gasteiger partial charge on any atom is 0.309 e. The smallest absolute Gasteiger partial charge is 0.309 e. The molecule has 0 bridgehead atoms. The molecule has 0 radical (unpaired) electrons. The third-order valence-corrected chi connectivity index (χ3v) is 3.80. The van der Waals surface area contributed by atoms with E-state index >= 15 is 0 Å². The normalized spacial score (nSPS) is 10.6. The molecule has 0 saturated carbocycles. The molecular formula is C14H15BrN2O3. The van der Waals surface area contributed by atoms with Crippen molar-refractivity contribution < 1.29 is 14.6 Å². The molecule has 2 rings (SSSR count). The lowest BCUT2D eigenvalue weighted by atomic mass is 10.2. The number of imidazole rings is 1. The molecule has 0 aliphatic heterocycles. The molecule has 0 aliphatic rings. The molecule has 0 fully saturated rings. The third kappa shape index (κ3) is 3.01. The predicted molar refractivity (Wildman–Crippen MR) is 78.9 cm³/mol. The van der Waals surface area contributed by atoms with E-state index in [1.807, 2.05) is 42.8 Å². The van der Waals surface area contributed by atoms with Crippen LogP contribution in [0.3, 0.4) is 0 Å². The van der Waals surface area contributed by atoms with E-state index in [1.54, 1.807) is 0 Å². The Bertz CT molecular complexity index is 637. The summed E-state index contributed by atoms with van der Waals surface area (Å²) in [5.41, 5.74) is 1.40. The van der Waals surface area contributed by atoms with Crippen LogP contribution in [0.1, 0.15) is 12.6 Å². The van der Waals surface area contributed by atoms with E-state index in [0.29, 0.717) is 22.7 Å². The topological polar surface area (TPSA) is 64.3 Å². The van der Waals surface area contributed by atoms with Crippen LogP contribution < -0.4 is 4.74 Å². The van der Waals surface area contributed by atoms with Gasteiger partial charge in [-0.25, -0.2) is 4.98 Å². The summed E-state index contributed by atoms with van der Waals surface area (Å²) in [7, 11) is 1.84. The number of aliphatic carboxylic acids is 1. The van der Waals surface area contributed by atoms with Gasteiger partial charge in [0.05, 0.1) is 18.7 Å². The monoisotopic (exact) mass is 338 g/mol. The molecule has 1 heterocycles. The molecule has 1 aromatic heterocycles. The Balaban J connectivity index is 2.42. The molecule has 1 aromatic carbocycles. The largest absolute Gasteiger partial charge is 0.494 e. The van der Waals surface area contributed by atoms with Gasteiger partial charge in [0.25, 0.3) is 0 Å². The molecule has 0 saturated heterocycles. The molecule has 0 unspecified atom stereocenters. The van der Waals surface area contributed by atoms with Crippen molar-refractivity contribution in [2.45, 2.75) is 13.3 Å². The van der Waals surface area contributed by atoms with E-state index in [2.05, 4.69) is 20.9 Å². The van der Waals surface area contributed by atoms with Crippen LogP contribution in [0.25, 0.3) is 11.4 Å². The quantitative estimate of drug-likeness (QED) is 0.910. The molecule has 6 heteroatoms. The highest BCUT2D eigenvalue weighted by molar-refractivity contribution is 9.10. The second kappa shape index (κ2) is 6.09. The van der Waals surface area contributed by atoms with E-state index < -0.39 is 5.97 Å². The minimum Gasteiger partial charge on any atom is -0.494 e. The van der Waals surface area contributed by atoms with Crippen LogP contribution >= 0.6 is 15.9 Å². The van der Waals surface area contributed by atoms with Gasteiger partial charge in [0.2, 0.25) is 0 Å². The van der Waals surface area contributed by atoms with Gasteiger partial charge >= 0.3 is 5.97 Å². The number of carboxylic acids is 1. The van der Waals surface area contributed by atoms with Gasteiger partial charge in [-0.05, 0) is 35.0 Å². The zero-order chi connectivity index (χ0) is 14.7. The molecule has 5 nitrogen and oxygen atoms in total. The molecule has 2 aromatic rings. The first-order valence-corrected chi connectivity index (χ1v) is 6.98. The number of hydrogen-bond acceptors (Lipinski definition) is 3. The number of carboxylic acid groups (broad SMARTS) is 1. The van der Waals surface area contributed by atoms with Gasteiger partial charge in [0.15, 0.2) is 0 Å². The summed E-state index contributed by atoms with van der Waals surface area (Å²) in [6.45, 7) is 2.52. The number of ether oxygens (including phenoxy) is 1. The summed E-state index contributed by atoms with van der Waals surface area (Å²) < 4.78 is 7.97. The Morgan fingerprint density at radius 1 is 1.50 bits per heavy atom. The minimum atomic E-state index is -0.904. The molecular weight excluding hydrogens is 324 g/mol. The maximum atomic E-state index is 10.8. The van der Waals surface area contributed by atoms with E-state index in [0.717, 1.165) is 11.3 Å². The zero-order valence-electron chi connectivity index (χ0n) is 11.3. The van der Waals surface area contributed by atoms with Crippen LogP contribution in [0, 0.1) is 0 Å². The van der Waals surface area contributed by atoms with Gasteiger partial charge in [-0.3, -0.25) is 4.79 Å². The average Bonchev–Trinajstić information content (AvgIpc) is 2.67. The van der Waals surface area contributed by atoms with Crippen molar-refractivity contribution in [3.8, 4) is 17.1 Å². The number of rotatable bonds is 5. The lowest BCUT2D eigenvalue weighted by Gasteiger charge is -2.06. The number of nitrogens with zero attached hydrogens (tertiary/aromatic N) is 2. The van der Waals surface area contributed by atoms with Gasteiger partial charge in [-0.15, -0.1) is 0 Å². The molecule has 0 spiro atoms. The summed E-state index contributed by atoms with van der Waals surface area (Å²) in [4.78, 5) is 15.2. The highest BCUT2D eigenvalue weighted by atomic mass is 79.9. The SMILES string of the molecule is CCOc1cccc(-c2nc(CC(=O)O)c(Br)n2C)c1. The molecule has 106 valence electrons. The van der Waals surface area contributed by atoms with Gasteiger partial charge in [-0.1, -0.05) is 12.1 Å². The highest BCUT2D eigenvalue weighted by Gasteiger charge is 2.16. The first-order chi connectivity index (χ1) is 9.52. The van der Waals surface area contributed by atoms with Crippen LogP contribution in [0.15, 0.2) is 28.9 Å². The van der Waals surface area contributed by atoms with Crippen molar-refractivity contribution >= 4 is 21.9 Å². The van der Waals surface area contributed by atoms with Crippen molar-refractivity contribution in [3.63, 3.8) is 0 Å². The number of benzene rings is 1. The molecule has 20 heavy (non-hydrogen) atoms. The Labute approximate surface area is 125 Å². The van der Waals surface area contributed by atoms with E-state index in [9.17, 15) is 4.79 Å². The Morgan fingerprint density at radius 3 is 2.90 bits per heavy atom. The van der Waals surface area contributed by atoms with Crippen molar-refractivity contribution in [3.05, 3.63) is 34.6 Å². The summed E-state index contributed by atoms with van der Waals surface area (Å²) >= 11 is 3.38. The van der Waals surface area contributed by atoms with Crippen LogP contribution in [0.4, 0.5) is 0 Å². The van der Waals surface area contributed by atoms with Gasteiger partial charge in [0, 0.05) is 12.6 Å². The van der Waals surface area contributed by atoms with Crippen molar-refractivity contribution in [2.75, 3.05) is 6.61 Å². The standard InChI is InChI=1S/C14H15BrN2O3/c1-3-20-10-6-4-5-9(7-10)14-16-11(8-12(18)19)13(15)17(14)2/h4-7H,3,8H2,1-2H3,(H,18,19). The van der Waals surface area contributed by atoms with Crippen LogP contribution in [0.5, 0.6) is 5.75 Å². The lowest BCUT2D eigenvalue weighted by molar-refractivity contribution is -0.136. The highest BCUT2D eigenvalue weighted by Crippen LogP contribution is 2.27. The number of hydrogen-bond donors (Lipinski definition) is 1. The second-order valence-corrected chi connectivity index (χ2v) is 5.01. The number of aromatic nitrogens is 2. The fourth-order valence-corrected chi connectivity index (χ4v) is 2.34. The zero-order valence-corrected chi connectivity index (χ0v) is 12.8. The van der Waals surface area contributed by atoms with Gasteiger partial charge in [0.1, 0.15) is 16.2 Å².